The summed E-state index contributed by atoms with van der Waals surface area (Å²) in [6.45, 7) is 6.25. The highest BCUT2D eigenvalue weighted by molar-refractivity contribution is 5.78. The zero-order valence-electron chi connectivity index (χ0n) is 19.5. The molecule has 32 heavy (non-hydrogen) atoms. The monoisotopic (exact) mass is 437 g/mol. The number of carbonyl (C=O) groups excluding carboxylic acids is 1. The first-order chi connectivity index (χ1) is 15.7. The molecule has 1 aromatic heterocycles. The van der Waals surface area contributed by atoms with Crippen molar-refractivity contribution >= 4 is 16.9 Å². The summed E-state index contributed by atoms with van der Waals surface area (Å²) in [5.41, 5.74) is 2.15. The van der Waals surface area contributed by atoms with E-state index in [1.807, 2.05) is 36.4 Å². The molecule has 0 spiro atoms. The van der Waals surface area contributed by atoms with E-state index in [4.69, 9.17) is 14.5 Å². The fourth-order valence-corrected chi connectivity index (χ4v) is 3.93. The topological polar surface area (TPSA) is 65.4 Å². The molecule has 0 aliphatic heterocycles. The van der Waals surface area contributed by atoms with Crippen LogP contribution in [0.15, 0.2) is 48.5 Å². The number of hydrogen-bond donors (Lipinski definition) is 1. The first-order valence-electron chi connectivity index (χ1n) is 11.6. The van der Waals surface area contributed by atoms with Gasteiger partial charge in [0.2, 0.25) is 5.91 Å². The van der Waals surface area contributed by atoms with Gasteiger partial charge in [-0.3, -0.25) is 4.79 Å². The summed E-state index contributed by atoms with van der Waals surface area (Å²) in [5, 5.41) is 3.08. The molecule has 3 rings (SSSR count). The number of nitrogens with zero attached hydrogens (tertiary/aromatic N) is 2. The maximum atomic E-state index is 12.2. The van der Waals surface area contributed by atoms with Crippen LogP contribution in [0, 0.1) is 5.92 Å². The van der Waals surface area contributed by atoms with Gasteiger partial charge in [-0.25, -0.2) is 4.98 Å². The molecule has 1 N–H and O–H groups in total. The highest BCUT2D eigenvalue weighted by Gasteiger charge is 2.14. The fourth-order valence-electron chi connectivity index (χ4n) is 3.93. The smallest absolute Gasteiger partial charge is 0.223 e. The standard InChI is InChI=1S/C26H35N3O3/c1-4-20(5-2)26(30)27-16-9-15-25-28-23-13-6-7-14-24(23)29(25)17-10-18-32-22-12-8-11-21(19-22)31-3/h6-8,11-14,19-20H,4-5,9-10,15-18H2,1-3H3,(H,27,30). The fraction of sp³-hybridized carbons (Fsp3) is 0.462. The maximum absolute atomic E-state index is 12.2. The van der Waals surface area contributed by atoms with E-state index in [2.05, 4.69) is 35.9 Å². The minimum absolute atomic E-state index is 0.115. The molecule has 0 aliphatic carbocycles. The third-order valence-electron chi connectivity index (χ3n) is 5.80. The number of nitrogens with one attached hydrogen (secondary N) is 1. The van der Waals surface area contributed by atoms with Gasteiger partial charge in [0.25, 0.3) is 0 Å². The Balaban J connectivity index is 1.56. The summed E-state index contributed by atoms with van der Waals surface area (Å²) in [7, 11) is 1.65. The van der Waals surface area contributed by atoms with Gasteiger partial charge in [-0.2, -0.15) is 0 Å². The van der Waals surface area contributed by atoms with Gasteiger partial charge in [-0.05, 0) is 49.9 Å². The molecule has 3 aromatic rings. The number of carbonyl (C=O) groups is 1. The lowest BCUT2D eigenvalue weighted by Gasteiger charge is -2.13. The van der Waals surface area contributed by atoms with Gasteiger partial charge in [0.05, 0.1) is 24.8 Å². The number of benzene rings is 2. The highest BCUT2D eigenvalue weighted by atomic mass is 16.5. The summed E-state index contributed by atoms with van der Waals surface area (Å²) < 4.78 is 13.4. The number of aryl methyl sites for hydroxylation is 2. The first kappa shape index (κ1) is 23.6. The van der Waals surface area contributed by atoms with Crippen LogP contribution >= 0.6 is 0 Å². The summed E-state index contributed by atoms with van der Waals surface area (Å²) in [4.78, 5) is 17.1. The molecule has 6 heteroatoms. The van der Waals surface area contributed by atoms with E-state index in [0.717, 1.165) is 67.0 Å². The van der Waals surface area contributed by atoms with Crippen LogP contribution in [0.2, 0.25) is 0 Å². The molecule has 1 amide bonds. The molecule has 0 atom stereocenters. The van der Waals surface area contributed by atoms with E-state index >= 15 is 0 Å². The van der Waals surface area contributed by atoms with Crippen molar-refractivity contribution in [1.29, 1.82) is 0 Å². The lowest BCUT2D eigenvalue weighted by molar-refractivity contribution is -0.125. The summed E-state index contributed by atoms with van der Waals surface area (Å²) in [5.74, 6) is 2.95. The minimum atomic E-state index is 0.115. The van der Waals surface area contributed by atoms with Gasteiger partial charge in [0, 0.05) is 31.5 Å². The van der Waals surface area contributed by atoms with Crippen LogP contribution in [0.3, 0.4) is 0 Å². The normalized spacial score (nSPS) is 11.1. The van der Waals surface area contributed by atoms with Gasteiger partial charge in [-0.15, -0.1) is 0 Å². The van der Waals surface area contributed by atoms with Crippen molar-refractivity contribution in [2.45, 2.75) is 52.5 Å². The van der Waals surface area contributed by atoms with Crippen LogP contribution in [0.4, 0.5) is 0 Å². The molecule has 2 aromatic carbocycles. The van der Waals surface area contributed by atoms with Crippen molar-refractivity contribution in [2.75, 3.05) is 20.3 Å². The molecule has 0 unspecified atom stereocenters. The van der Waals surface area contributed by atoms with Crippen LogP contribution < -0.4 is 14.8 Å². The van der Waals surface area contributed by atoms with Crippen LogP contribution in [0.1, 0.15) is 45.4 Å². The third kappa shape index (κ3) is 6.25. The second kappa shape index (κ2) is 12.1. The molecule has 6 nitrogen and oxygen atoms in total. The number of amides is 1. The zero-order chi connectivity index (χ0) is 22.8. The highest BCUT2D eigenvalue weighted by Crippen LogP contribution is 2.20. The van der Waals surface area contributed by atoms with Crippen molar-refractivity contribution in [3.8, 4) is 11.5 Å². The van der Waals surface area contributed by atoms with Crippen molar-refractivity contribution in [2.24, 2.45) is 5.92 Å². The lowest BCUT2D eigenvalue weighted by atomic mass is 10.0. The Morgan fingerprint density at radius 2 is 1.84 bits per heavy atom. The number of hydrogen-bond acceptors (Lipinski definition) is 4. The number of methoxy groups -OCH3 is 1. The molecule has 1 heterocycles. The Kier molecular flexibility index (Phi) is 8.96. The van der Waals surface area contributed by atoms with E-state index in [1.54, 1.807) is 7.11 Å². The number of imidazole rings is 1. The maximum Gasteiger partial charge on any atom is 0.223 e. The number of aromatic nitrogens is 2. The van der Waals surface area contributed by atoms with Gasteiger partial charge in [-0.1, -0.05) is 32.0 Å². The average Bonchev–Trinajstić information content (AvgIpc) is 3.18. The van der Waals surface area contributed by atoms with E-state index in [0.29, 0.717) is 13.2 Å². The molecule has 0 saturated heterocycles. The molecule has 0 radical (unpaired) electrons. The Morgan fingerprint density at radius 3 is 2.62 bits per heavy atom. The van der Waals surface area contributed by atoms with Crippen molar-refractivity contribution < 1.29 is 14.3 Å². The molecule has 0 bridgehead atoms. The zero-order valence-corrected chi connectivity index (χ0v) is 19.5. The Morgan fingerprint density at radius 1 is 1.06 bits per heavy atom. The van der Waals surface area contributed by atoms with Crippen LogP contribution in [-0.2, 0) is 17.8 Å². The predicted molar refractivity (Wildman–Crippen MR) is 128 cm³/mol. The predicted octanol–water partition coefficient (Wildman–Crippen LogP) is 5.00. The Bertz CT molecular complexity index is 995. The summed E-state index contributed by atoms with van der Waals surface area (Å²) >= 11 is 0. The van der Waals surface area contributed by atoms with E-state index < -0.39 is 0 Å². The first-order valence-corrected chi connectivity index (χ1v) is 11.6. The van der Waals surface area contributed by atoms with Crippen LogP contribution in [0.25, 0.3) is 11.0 Å². The van der Waals surface area contributed by atoms with Crippen molar-refractivity contribution in [3.63, 3.8) is 0 Å². The molecular formula is C26H35N3O3. The van der Waals surface area contributed by atoms with E-state index in [-0.39, 0.29) is 11.8 Å². The second-order valence-electron chi connectivity index (χ2n) is 7.96. The number of fused-ring (bicyclic) bond motifs is 1. The SMILES string of the molecule is CCC(CC)C(=O)NCCCc1nc2ccccc2n1CCCOc1cccc(OC)c1. The van der Waals surface area contributed by atoms with Gasteiger partial charge in [0.15, 0.2) is 0 Å². The molecule has 0 aliphatic rings. The van der Waals surface area contributed by atoms with Crippen molar-refractivity contribution in [3.05, 3.63) is 54.4 Å². The molecular weight excluding hydrogens is 402 g/mol. The van der Waals surface area contributed by atoms with E-state index in [1.165, 1.54) is 0 Å². The van der Waals surface area contributed by atoms with Crippen molar-refractivity contribution in [1.82, 2.24) is 14.9 Å². The van der Waals surface area contributed by atoms with Gasteiger partial charge >= 0.3 is 0 Å². The number of para-hydroxylation sites is 2. The Hall–Kier alpha value is -3.02. The quantitative estimate of drug-likeness (QED) is 0.382. The minimum Gasteiger partial charge on any atom is -0.497 e. The summed E-state index contributed by atoms with van der Waals surface area (Å²) in [6.07, 6.45) is 4.34. The second-order valence-corrected chi connectivity index (χ2v) is 7.96. The van der Waals surface area contributed by atoms with Crippen LogP contribution in [0.5, 0.6) is 11.5 Å². The van der Waals surface area contributed by atoms with Gasteiger partial charge in [0.1, 0.15) is 17.3 Å². The molecule has 172 valence electrons. The Labute approximate surface area is 190 Å². The summed E-state index contributed by atoms with van der Waals surface area (Å²) in [6, 6.07) is 15.9. The van der Waals surface area contributed by atoms with E-state index in [9.17, 15) is 4.79 Å². The molecule has 0 fully saturated rings. The number of ether oxygens (including phenoxy) is 2. The van der Waals surface area contributed by atoms with Crippen LogP contribution in [-0.4, -0.2) is 35.7 Å². The number of rotatable bonds is 13. The van der Waals surface area contributed by atoms with Gasteiger partial charge < -0.3 is 19.4 Å². The lowest BCUT2D eigenvalue weighted by Crippen LogP contribution is -2.31. The molecule has 0 saturated carbocycles. The largest absolute Gasteiger partial charge is 0.497 e. The average molecular weight is 438 g/mol. The third-order valence-corrected chi connectivity index (χ3v) is 5.80.